The van der Waals surface area contributed by atoms with Crippen molar-refractivity contribution in [2.75, 3.05) is 11.9 Å². The zero-order valence-electron chi connectivity index (χ0n) is 16.0. The smallest absolute Gasteiger partial charge is 0.341 e. The van der Waals surface area contributed by atoms with E-state index in [0.717, 1.165) is 5.56 Å². The first-order chi connectivity index (χ1) is 13.3. The molecule has 0 spiro atoms. The topological polar surface area (TPSA) is 66.9 Å². The number of rotatable bonds is 5. The van der Waals surface area contributed by atoms with Gasteiger partial charge in [0.15, 0.2) is 0 Å². The fourth-order valence-corrected chi connectivity index (χ4v) is 3.29. The van der Waals surface area contributed by atoms with Gasteiger partial charge in [0.1, 0.15) is 5.56 Å². The first-order valence-electron chi connectivity index (χ1n) is 8.92. The van der Waals surface area contributed by atoms with Gasteiger partial charge in [-0.05, 0) is 31.5 Å². The summed E-state index contributed by atoms with van der Waals surface area (Å²) in [5, 5.41) is 9.63. The van der Waals surface area contributed by atoms with Crippen LogP contribution >= 0.6 is 0 Å². The first kappa shape index (κ1) is 19.2. The van der Waals surface area contributed by atoms with Gasteiger partial charge in [-0.25, -0.2) is 9.64 Å². The Hall–Kier alpha value is -3.59. The zero-order valence-corrected chi connectivity index (χ0v) is 16.0. The van der Waals surface area contributed by atoms with Gasteiger partial charge < -0.3 is 14.6 Å². The number of anilines is 1. The molecule has 6 heteroatoms. The minimum atomic E-state index is -1.27. The second-order valence-corrected chi connectivity index (χ2v) is 6.99. The molecule has 0 radical (unpaired) electrons. The van der Waals surface area contributed by atoms with E-state index in [4.69, 9.17) is 6.57 Å². The van der Waals surface area contributed by atoms with Crippen molar-refractivity contribution in [2.24, 2.45) is 0 Å². The number of aromatic carboxylic acids is 1. The second kappa shape index (κ2) is 7.57. The minimum absolute atomic E-state index is 0.0488. The van der Waals surface area contributed by atoms with Gasteiger partial charge in [0.2, 0.25) is 11.1 Å². The predicted octanol–water partition coefficient (Wildman–Crippen LogP) is 4.47. The summed E-state index contributed by atoms with van der Waals surface area (Å²) in [6.45, 7) is 12.0. The van der Waals surface area contributed by atoms with Crippen molar-refractivity contribution < 1.29 is 9.90 Å². The molecule has 0 saturated heterocycles. The quantitative estimate of drug-likeness (QED) is 0.668. The molecule has 2 aromatic carbocycles. The van der Waals surface area contributed by atoms with E-state index >= 15 is 0 Å². The summed E-state index contributed by atoms with van der Waals surface area (Å²) in [4.78, 5) is 29.7. The van der Waals surface area contributed by atoms with Gasteiger partial charge >= 0.3 is 5.97 Å². The van der Waals surface area contributed by atoms with E-state index in [1.54, 1.807) is 10.6 Å². The lowest BCUT2D eigenvalue weighted by Crippen LogP contribution is -2.21. The normalized spacial score (nSPS) is 10.8. The summed E-state index contributed by atoms with van der Waals surface area (Å²) in [5.41, 5.74) is 1.88. The summed E-state index contributed by atoms with van der Waals surface area (Å²) in [7, 11) is 1.90. The van der Waals surface area contributed by atoms with Crippen molar-refractivity contribution >= 4 is 28.2 Å². The summed E-state index contributed by atoms with van der Waals surface area (Å²) in [6.07, 6.45) is 1.39. The number of pyridine rings is 1. The number of carboxylic acids is 1. The number of aromatic nitrogens is 1. The molecule has 0 saturated carbocycles. The molecule has 1 N–H and O–H groups in total. The highest BCUT2D eigenvalue weighted by Gasteiger charge is 2.19. The SMILES string of the molecule is [C-]#[N+]c1cc2c(=O)c(C(=O)O)cn(C(C)C)c2cc1N(C)Cc1ccccc1. The molecule has 28 heavy (non-hydrogen) atoms. The third-order valence-electron chi connectivity index (χ3n) is 4.71. The van der Waals surface area contributed by atoms with Crippen molar-refractivity contribution in [1.82, 2.24) is 4.57 Å². The Morgan fingerprint density at radius 3 is 2.50 bits per heavy atom. The van der Waals surface area contributed by atoms with Gasteiger partial charge in [0, 0.05) is 36.9 Å². The molecule has 6 nitrogen and oxygen atoms in total. The first-order valence-corrected chi connectivity index (χ1v) is 8.92. The summed E-state index contributed by atoms with van der Waals surface area (Å²) >= 11 is 0. The molecule has 1 heterocycles. The van der Waals surface area contributed by atoms with E-state index in [1.807, 2.05) is 56.1 Å². The Labute approximate surface area is 163 Å². The van der Waals surface area contributed by atoms with E-state index in [2.05, 4.69) is 4.85 Å². The molecule has 142 valence electrons. The largest absolute Gasteiger partial charge is 0.477 e. The summed E-state index contributed by atoms with van der Waals surface area (Å²) < 4.78 is 1.77. The number of hydrogen-bond acceptors (Lipinski definition) is 3. The van der Waals surface area contributed by atoms with Crippen LogP contribution in [0.4, 0.5) is 11.4 Å². The van der Waals surface area contributed by atoms with Crippen molar-refractivity contribution in [3.8, 4) is 0 Å². The standard InChI is InChI=1S/C22H21N3O3/c1-14(2)25-13-17(22(27)28)21(26)16-10-18(23-3)20(11-19(16)25)24(4)12-15-8-6-5-7-9-15/h5-11,13-14H,12H2,1-2,4H3,(H,27,28). The molecular formula is C22H21N3O3. The van der Waals surface area contributed by atoms with E-state index in [-0.39, 0.29) is 17.0 Å². The predicted molar refractivity (Wildman–Crippen MR) is 110 cm³/mol. The maximum Gasteiger partial charge on any atom is 0.341 e. The number of carboxylic acid groups (broad SMARTS) is 1. The summed E-state index contributed by atoms with van der Waals surface area (Å²) in [6, 6.07) is 13.2. The number of nitrogens with zero attached hydrogens (tertiary/aromatic N) is 3. The van der Waals surface area contributed by atoms with E-state index in [1.165, 1.54) is 12.3 Å². The van der Waals surface area contributed by atoms with Crippen LogP contribution in [-0.2, 0) is 6.54 Å². The molecule has 3 aromatic rings. The Balaban J connectivity index is 2.24. The van der Waals surface area contributed by atoms with Crippen LogP contribution in [0.2, 0.25) is 0 Å². The highest BCUT2D eigenvalue weighted by atomic mass is 16.4. The maximum atomic E-state index is 12.7. The van der Waals surface area contributed by atoms with Crippen LogP contribution in [0.1, 0.15) is 35.8 Å². The molecular weight excluding hydrogens is 354 g/mol. The van der Waals surface area contributed by atoms with Crippen molar-refractivity contribution in [1.29, 1.82) is 0 Å². The molecule has 3 rings (SSSR count). The summed E-state index contributed by atoms with van der Waals surface area (Å²) in [5.74, 6) is -1.27. The zero-order chi connectivity index (χ0) is 20.4. The highest BCUT2D eigenvalue weighted by Crippen LogP contribution is 2.34. The van der Waals surface area contributed by atoms with Crippen LogP contribution in [0.25, 0.3) is 15.7 Å². The van der Waals surface area contributed by atoms with Gasteiger partial charge in [-0.15, -0.1) is 0 Å². The number of fused-ring (bicyclic) bond motifs is 1. The minimum Gasteiger partial charge on any atom is -0.477 e. The average Bonchev–Trinajstić information content (AvgIpc) is 2.67. The maximum absolute atomic E-state index is 12.7. The van der Waals surface area contributed by atoms with Gasteiger partial charge in [0.05, 0.1) is 12.1 Å². The Bertz CT molecular complexity index is 1140. The van der Waals surface area contributed by atoms with E-state index in [9.17, 15) is 14.7 Å². The Morgan fingerprint density at radius 2 is 1.93 bits per heavy atom. The average molecular weight is 375 g/mol. The third kappa shape index (κ3) is 3.47. The lowest BCUT2D eigenvalue weighted by Gasteiger charge is -2.23. The fourth-order valence-electron chi connectivity index (χ4n) is 3.29. The molecule has 0 aliphatic carbocycles. The van der Waals surface area contributed by atoms with Crippen LogP contribution in [0, 0.1) is 6.57 Å². The number of carbonyl (C=O) groups is 1. The second-order valence-electron chi connectivity index (χ2n) is 6.99. The van der Waals surface area contributed by atoms with Gasteiger partial charge in [-0.2, -0.15) is 0 Å². The molecule has 0 unspecified atom stereocenters. The monoisotopic (exact) mass is 375 g/mol. The Kier molecular flexibility index (Phi) is 5.18. The molecule has 0 atom stereocenters. The molecule has 0 bridgehead atoms. The lowest BCUT2D eigenvalue weighted by atomic mass is 10.1. The van der Waals surface area contributed by atoms with Gasteiger partial charge in [-0.3, -0.25) is 4.79 Å². The Morgan fingerprint density at radius 1 is 1.25 bits per heavy atom. The number of hydrogen-bond donors (Lipinski definition) is 1. The van der Waals surface area contributed by atoms with Crippen LogP contribution in [0.5, 0.6) is 0 Å². The lowest BCUT2D eigenvalue weighted by molar-refractivity contribution is 0.0694. The molecule has 0 aliphatic rings. The number of benzene rings is 2. The van der Waals surface area contributed by atoms with Gasteiger partial charge in [-0.1, -0.05) is 30.3 Å². The van der Waals surface area contributed by atoms with Crippen molar-refractivity contribution in [3.63, 3.8) is 0 Å². The van der Waals surface area contributed by atoms with Crippen LogP contribution in [0.15, 0.2) is 53.5 Å². The molecule has 0 amide bonds. The molecule has 0 fully saturated rings. The van der Waals surface area contributed by atoms with Crippen LogP contribution in [-0.4, -0.2) is 22.7 Å². The van der Waals surface area contributed by atoms with Gasteiger partial charge in [0.25, 0.3) is 0 Å². The fraction of sp³-hybridized carbons (Fsp3) is 0.227. The van der Waals surface area contributed by atoms with Crippen LogP contribution in [0.3, 0.4) is 0 Å². The van der Waals surface area contributed by atoms with Crippen LogP contribution < -0.4 is 10.3 Å². The van der Waals surface area contributed by atoms with E-state index < -0.39 is 11.4 Å². The highest BCUT2D eigenvalue weighted by molar-refractivity contribution is 5.96. The third-order valence-corrected chi connectivity index (χ3v) is 4.71. The van der Waals surface area contributed by atoms with E-state index in [0.29, 0.717) is 23.4 Å². The van der Waals surface area contributed by atoms with Crippen molar-refractivity contribution in [2.45, 2.75) is 26.4 Å². The molecule has 1 aromatic heterocycles. The van der Waals surface area contributed by atoms with Crippen molar-refractivity contribution in [3.05, 3.63) is 81.4 Å². The molecule has 0 aliphatic heterocycles.